The lowest BCUT2D eigenvalue weighted by atomic mass is 10.1. The van der Waals surface area contributed by atoms with E-state index in [2.05, 4.69) is 25.7 Å². The van der Waals surface area contributed by atoms with Crippen molar-refractivity contribution < 1.29 is 13.9 Å². The van der Waals surface area contributed by atoms with Gasteiger partial charge in [0, 0.05) is 0 Å². The number of esters is 1. The zero-order chi connectivity index (χ0) is 19.8. The van der Waals surface area contributed by atoms with Gasteiger partial charge in [-0.05, 0) is 30.2 Å². The van der Waals surface area contributed by atoms with Crippen LogP contribution in [-0.4, -0.2) is 32.6 Å². The van der Waals surface area contributed by atoms with Crippen LogP contribution in [0.3, 0.4) is 0 Å². The van der Waals surface area contributed by atoms with E-state index in [0.29, 0.717) is 16.8 Å². The highest BCUT2D eigenvalue weighted by atomic mass is 32.2. The van der Waals surface area contributed by atoms with Crippen molar-refractivity contribution in [3.63, 3.8) is 0 Å². The Balaban J connectivity index is 1.45. The molecular formula is C19H18FN5O2S. The number of carbonyl (C=O) groups excluding carboxylic acids is 1. The Morgan fingerprint density at radius 3 is 2.71 bits per heavy atom. The fourth-order valence-corrected chi connectivity index (χ4v) is 2.75. The van der Waals surface area contributed by atoms with Gasteiger partial charge in [-0.25, -0.2) is 14.9 Å². The number of ether oxygens (including phenoxy) is 1. The molecule has 0 spiro atoms. The number of anilines is 1. The predicted octanol–water partition coefficient (Wildman–Crippen LogP) is 3.62. The summed E-state index contributed by atoms with van der Waals surface area (Å²) in [5.41, 5.74) is 5.12. The maximum atomic E-state index is 13.0. The lowest BCUT2D eigenvalue weighted by Crippen LogP contribution is -2.07. The Bertz CT molecular complexity index is 944. The number of nitrogens with zero attached hydrogens (tertiary/aromatic N) is 3. The lowest BCUT2D eigenvalue weighted by molar-refractivity contribution is -0.141. The van der Waals surface area contributed by atoms with E-state index in [0.717, 1.165) is 22.9 Å². The Hall–Kier alpha value is -3.20. The van der Waals surface area contributed by atoms with Gasteiger partial charge in [0.1, 0.15) is 12.4 Å². The molecule has 0 radical (unpaired) electrons. The molecule has 144 valence electrons. The van der Waals surface area contributed by atoms with E-state index in [1.54, 1.807) is 19.1 Å². The van der Waals surface area contributed by atoms with Crippen LogP contribution in [0, 0.1) is 5.82 Å². The average Bonchev–Trinajstić information content (AvgIpc) is 3.18. The van der Waals surface area contributed by atoms with Gasteiger partial charge in [0.2, 0.25) is 11.1 Å². The van der Waals surface area contributed by atoms with Gasteiger partial charge in [-0.3, -0.25) is 4.79 Å². The molecule has 0 saturated carbocycles. The quantitative estimate of drug-likeness (QED) is 0.260. The summed E-state index contributed by atoms with van der Waals surface area (Å²) in [4.78, 5) is 16.0. The second-order valence-corrected chi connectivity index (χ2v) is 6.66. The number of rotatable bonds is 8. The lowest BCUT2D eigenvalue weighted by Gasteiger charge is -2.03. The van der Waals surface area contributed by atoms with Crippen molar-refractivity contribution in [3.05, 3.63) is 71.5 Å². The smallest absolute Gasteiger partial charge is 0.316 e. The monoisotopic (exact) mass is 399 g/mol. The van der Waals surface area contributed by atoms with Crippen LogP contribution in [0.2, 0.25) is 0 Å². The topological polar surface area (TPSA) is 92.3 Å². The number of carbonyl (C=O) groups is 1. The number of hydrogen-bond acceptors (Lipinski definition) is 7. The van der Waals surface area contributed by atoms with Crippen molar-refractivity contribution in [2.24, 2.45) is 5.10 Å². The SMILES string of the molecule is C/C(=N\Nc1nc(SCC(=O)OCc2ccccc2)n[nH]1)c1ccc(F)cc1. The molecule has 1 aromatic heterocycles. The molecule has 0 atom stereocenters. The Labute approximate surface area is 165 Å². The molecule has 7 nitrogen and oxygen atoms in total. The Kier molecular flexibility index (Phi) is 6.74. The van der Waals surface area contributed by atoms with Crippen LogP contribution >= 0.6 is 11.8 Å². The minimum atomic E-state index is -0.349. The van der Waals surface area contributed by atoms with Crippen molar-refractivity contribution in [1.29, 1.82) is 0 Å². The second-order valence-electron chi connectivity index (χ2n) is 5.72. The molecule has 3 rings (SSSR count). The minimum Gasteiger partial charge on any atom is -0.460 e. The molecule has 0 amide bonds. The Morgan fingerprint density at radius 1 is 1.21 bits per heavy atom. The van der Waals surface area contributed by atoms with E-state index in [1.807, 2.05) is 30.3 Å². The van der Waals surface area contributed by atoms with Gasteiger partial charge in [-0.1, -0.05) is 54.2 Å². The van der Waals surface area contributed by atoms with Crippen LogP contribution in [0.1, 0.15) is 18.1 Å². The second kappa shape index (κ2) is 9.65. The van der Waals surface area contributed by atoms with Gasteiger partial charge in [-0.15, -0.1) is 5.10 Å². The predicted molar refractivity (Wildman–Crippen MR) is 106 cm³/mol. The summed E-state index contributed by atoms with van der Waals surface area (Å²) >= 11 is 1.16. The van der Waals surface area contributed by atoms with E-state index >= 15 is 0 Å². The summed E-state index contributed by atoms with van der Waals surface area (Å²) in [5.74, 6) is -0.217. The number of thioether (sulfide) groups is 1. The van der Waals surface area contributed by atoms with Crippen LogP contribution in [0.5, 0.6) is 0 Å². The summed E-state index contributed by atoms with van der Waals surface area (Å²) in [6.45, 7) is 2.02. The maximum absolute atomic E-state index is 13.0. The van der Waals surface area contributed by atoms with Crippen LogP contribution < -0.4 is 5.43 Å². The van der Waals surface area contributed by atoms with Gasteiger partial charge in [0.15, 0.2) is 0 Å². The van der Waals surface area contributed by atoms with Crippen LogP contribution in [0.15, 0.2) is 64.9 Å². The summed E-state index contributed by atoms with van der Waals surface area (Å²) in [6.07, 6.45) is 0. The highest BCUT2D eigenvalue weighted by Gasteiger charge is 2.09. The average molecular weight is 399 g/mol. The van der Waals surface area contributed by atoms with E-state index in [1.165, 1.54) is 12.1 Å². The van der Waals surface area contributed by atoms with E-state index < -0.39 is 0 Å². The largest absolute Gasteiger partial charge is 0.460 e. The molecule has 0 bridgehead atoms. The summed E-state index contributed by atoms with van der Waals surface area (Å²) < 4.78 is 18.2. The molecular weight excluding hydrogens is 381 g/mol. The van der Waals surface area contributed by atoms with Gasteiger partial charge < -0.3 is 4.74 Å². The zero-order valence-corrected chi connectivity index (χ0v) is 15.9. The molecule has 0 fully saturated rings. The van der Waals surface area contributed by atoms with Crippen LogP contribution in [-0.2, 0) is 16.1 Å². The van der Waals surface area contributed by atoms with Crippen LogP contribution in [0.25, 0.3) is 0 Å². The van der Waals surface area contributed by atoms with Gasteiger partial charge in [-0.2, -0.15) is 10.1 Å². The van der Waals surface area contributed by atoms with Crippen molar-refractivity contribution in [2.75, 3.05) is 11.2 Å². The number of nitrogens with one attached hydrogen (secondary N) is 2. The van der Waals surface area contributed by atoms with E-state index in [-0.39, 0.29) is 24.1 Å². The minimum absolute atomic E-state index is 0.0992. The standard InChI is InChI=1S/C19H18FN5O2S/c1-13(15-7-9-16(20)10-8-15)22-23-18-21-19(25-24-18)28-12-17(26)27-11-14-5-3-2-4-6-14/h2-10H,11-12H2,1H3,(H2,21,23,24,25)/b22-13+. The van der Waals surface area contributed by atoms with E-state index in [9.17, 15) is 9.18 Å². The number of hydrazone groups is 1. The molecule has 9 heteroatoms. The van der Waals surface area contributed by atoms with Gasteiger partial charge in [0.25, 0.3) is 0 Å². The molecule has 28 heavy (non-hydrogen) atoms. The molecule has 3 aromatic rings. The fourth-order valence-electron chi connectivity index (χ4n) is 2.16. The molecule has 2 aromatic carbocycles. The first kappa shape index (κ1) is 19.6. The highest BCUT2D eigenvalue weighted by molar-refractivity contribution is 7.99. The molecule has 0 aliphatic carbocycles. The van der Waals surface area contributed by atoms with Gasteiger partial charge in [0.05, 0.1) is 11.5 Å². The molecule has 2 N–H and O–H groups in total. The number of H-pyrrole nitrogens is 1. The summed E-state index contributed by atoms with van der Waals surface area (Å²) in [5, 5.41) is 11.3. The number of halogens is 1. The number of hydrogen-bond donors (Lipinski definition) is 2. The van der Waals surface area contributed by atoms with Crippen LogP contribution in [0.4, 0.5) is 10.3 Å². The number of aromatic nitrogens is 3. The van der Waals surface area contributed by atoms with Crippen molar-refractivity contribution in [3.8, 4) is 0 Å². The first-order chi connectivity index (χ1) is 13.6. The molecule has 0 unspecified atom stereocenters. The summed E-state index contributed by atoms with van der Waals surface area (Å²) in [7, 11) is 0. The number of benzene rings is 2. The van der Waals surface area contributed by atoms with E-state index in [4.69, 9.17) is 4.74 Å². The van der Waals surface area contributed by atoms with Crippen molar-refractivity contribution >= 4 is 29.4 Å². The molecule has 0 aliphatic heterocycles. The van der Waals surface area contributed by atoms with Crippen molar-refractivity contribution in [2.45, 2.75) is 18.7 Å². The third kappa shape index (κ3) is 5.92. The first-order valence-corrected chi connectivity index (χ1v) is 9.40. The maximum Gasteiger partial charge on any atom is 0.316 e. The third-order valence-electron chi connectivity index (χ3n) is 3.62. The molecule has 1 heterocycles. The van der Waals surface area contributed by atoms with Crippen molar-refractivity contribution in [1.82, 2.24) is 15.2 Å². The molecule has 0 aliphatic rings. The third-order valence-corrected chi connectivity index (χ3v) is 4.44. The highest BCUT2D eigenvalue weighted by Crippen LogP contribution is 2.15. The normalized spacial score (nSPS) is 11.3. The fraction of sp³-hybridized carbons (Fsp3) is 0.158. The summed E-state index contributed by atoms with van der Waals surface area (Å²) in [6, 6.07) is 15.5. The molecule has 0 saturated heterocycles. The zero-order valence-electron chi connectivity index (χ0n) is 15.1. The first-order valence-electron chi connectivity index (χ1n) is 8.41. The van der Waals surface area contributed by atoms with Gasteiger partial charge >= 0.3 is 5.97 Å². The Morgan fingerprint density at radius 2 is 1.96 bits per heavy atom. The number of aromatic amines is 1.